The molecule has 1 aromatic carbocycles. The van der Waals surface area contributed by atoms with Gasteiger partial charge >= 0.3 is 0 Å². The van der Waals surface area contributed by atoms with E-state index < -0.39 is 0 Å². The van der Waals surface area contributed by atoms with Gasteiger partial charge < -0.3 is 0 Å². The van der Waals surface area contributed by atoms with Crippen LogP contribution in [0.3, 0.4) is 0 Å². The van der Waals surface area contributed by atoms with E-state index in [1.165, 1.54) is 11.5 Å². The van der Waals surface area contributed by atoms with Crippen molar-refractivity contribution in [2.24, 2.45) is 0 Å². The van der Waals surface area contributed by atoms with Crippen LogP contribution in [0.25, 0.3) is 10.6 Å². The number of rotatable bonds is 1. The number of hydrogen-bond donors (Lipinski definition) is 0. The normalized spacial score (nSPS) is 10.5. The fourth-order valence-electron chi connectivity index (χ4n) is 1.01. The SMILES string of the molecule is Clc1cccc(Cl)c1-c1nc(Br)ns1. The zero-order valence-electron chi connectivity index (χ0n) is 6.67. The summed E-state index contributed by atoms with van der Waals surface area (Å²) in [5, 5.41) is 1.88. The monoisotopic (exact) mass is 308 g/mol. The molecule has 0 aliphatic heterocycles. The Balaban J connectivity index is 2.61. The summed E-state index contributed by atoms with van der Waals surface area (Å²) in [6.45, 7) is 0. The minimum atomic E-state index is 0.550. The first-order valence-corrected chi connectivity index (χ1v) is 5.94. The maximum atomic E-state index is 6.01. The molecule has 2 rings (SSSR count). The molecule has 0 radical (unpaired) electrons. The first kappa shape index (κ1) is 10.4. The molecule has 14 heavy (non-hydrogen) atoms. The largest absolute Gasteiger partial charge is 0.209 e. The molecule has 0 amide bonds. The average molecular weight is 310 g/mol. The quantitative estimate of drug-likeness (QED) is 0.786. The first-order valence-electron chi connectivity index (χ1n) is 3.62. The Hall–Kier alpha value is -0.160. The van der Waals surface area contributed by atoms with Gasteiger partial charge in [-0.15, -0.1) is 0 Å². The van der Waals surface area contributed by atoms with E-state index in [0.29, 0.717) is 19.8 Å². The molecule has 2 aromatic rings. The summed E-state index contributed by atoms with van der Waals surface area (Å²) in [6.07, 6.45) is 0. The summed E-state index contributed by atoms with van der Waals surface area (Å²) < 4.78 is 4.55. The van der Waals surface area contributed by atoms with Gasteiger partial charge in [-0.2, -0.15) is 4.37 Å². The van der Waals surface area contributed by atoms with Crippen LogP contribution in [-0.4, -0.2) is 9.36 Å². The minimum absolute atomic E-state index is 0.550. The fraction of sp³-hybridized carbons (Fsp3) is 0. The number of benzene rings is 1. The van der Waals surface area contributed by atoms with Gasteiger partial charge in [0.05, 0.1) is 10.0 Å². The lowest BCUT2D eigenvalue weighted by atomic mass is 10.2. The standard InChI is InChI=1S/C8H3BrCl2N2S/c9-8-12-7(14-13-8)6-4(10)2-1-3-5(6)11/h1-3H. The van der Waals surface area contributed by atoms with Gasteiger partial charge in [0.2, 0.25) is 4.73 Å². The van der Waals surface area contributed by atoms with E-state index in [1.807, 2.05) is 0 Å². The second-order valence-corrected chi connectivity index (χ2v) is 4.74. The smallest absolute Gasteiger partial charge is 0.209 e. The van der Waals surface area contributed by atoms with Crippen molar-refractivity contribution in [3.63, 3.8) is 0 Å². The van der Waals surface area contributed by atoms with Gasteiger partial charge in [-0.1, -0.05) is 29.3 Å². The lowest BCUT2D eigenvalue weighted by Gasteiger charge is -2.01. The van der Waals surface area contributed by atoms with Crippen molar-refractivity contribution in [1.29, 1.82) is 0 Å². The van der Waals surface area contributed by atoms with Crippen molar-refractivity contribution >= 4 is 50.7 Å². The molecule has 6 heteroatoms. The number of nitrogens with zero attached hydrogens (tertiary/aromatic N) is 2. The van der Waals surface area contributed by atoms with Crippen molar-refractivity contribution in [2.45, 2.75) is 0 Å². The second-order valence-electron chi connectivity index (χ2n) is 2.47. The minimum Gasteiger partial charge on any atom is -0.209 e. The van der Waals surface area contributed by atoms with E-state index in [1.54, 1.807) is 18.2 Å². The topological polar surface area (TPSA) is 25.8 Å². The second kappa shape index (κ2) is 4.14. The predicted octanol–water partition coefficient (Wildman–Crippen LogP) is 4.27. The van der Waals surface area contributed by atoms with Crippen LogP contribution in [-0.2, 0) is 0 Å². The molecular formula is C8H3BrCl2N2S. The average Bonchev–Trinajstić information content (AvgIpc) is 2.51. The molecule has 0 aliphatic carbocycles. The molecule has 2 nitrogen and oxygen atoms in total. The highest BCUT2D eigenvalue weighted by atomic mass is 79.9. The van der Waals surface area contributed by atoms with Crippen molar-refractivity contribution in [3.05, 3.63) is 33.0 Å². The molecule has 1 aromatic heterocycles. The van der Waals surface area contributed by atoms with Crippen molar-refractivity contribution in [3.8, 4) is 10.6 Å². The maximum absolute atomic E-state index is 6.01. The van der Waals surface area contributed by atoms with E-state index in [-0.39, 0.29) is 0 Å². The summed E-state index contributed by atoms with van der Waals surface area (Å²) >= 11 is 16.5. The Kier molecular flexibility index (Phi) is 3.07. The van der Waals surface area contributed by atoms with Crippen LogP contribution in [0.1, 0.15) is 0 Å². The molecule has 0 saturated carbocycles. The number of aromatic nitrogens is 2. The third kappa shape index (κ3) is 1.93. The Morgan fingerprint density at radius 3 is 2.36 bits per heavy atom. The summed E-state index contributed by atoms with van der Waals surface area (Å²) in [4.78, 5) is 4.16. The summed E-state index contributed by atoms with van der Waals surface area (Å²) in [5.41, 5.74) is 0.735. The lowest BCUT2D eigenvalue weighted by molar-refractivity contribution is 1.26. The molecule has 0 spiro atoms. The van der Waals surface area contributed by atoms with Gasteiger partial charge in [-0.25, -0.2) is 4.98 Å². The molecule has 0 aliphatic rings. The molecule has 72 valence electrons. The van der Waals surface area contributed by atoms with Gasteiger partial charge in [0, 0.05) is 5.56 Å². The summed E-state index contributed by atoms with van der Waals surface area (Å²) in [7, 11) is 0. The molecule has 0 unspecified atom stereocenters. The van der Waals surface area contributed by atoms with Gasteiger partial charge in [0.15, 0.2) is 0 Å². The van der Waals surface area contributed by atoms with Crippen LogP contribution in [0.2, 0.25) is 10.0 Å². The third-order valence-electron chi connectivity index (χ3n) is 1.58. The third-order valence-corrected chi connectivity index (χ3v) is 3.53. The Labute approximate surface area is 103 Å². The number of hydrogen-bond acceptors (Lipinski definition) is 3. The predicted molar refractivity (Wildman–Crippen MR) is 63.1 cm³/mol. The Bertz CT molecular complexity index is 452. The highest BCUT2D eigenvalue weighted by Gasteiger charge is 2.12. The fourth-order valence-corrected chi connectivity index (χ4v) is 2.85. The van der Waals surface area contributed by atoms with Gasteiger partial charge in [-0.05, 0) is 39.6 Å². The van der Waals surface area contributed by atoms with Crippen molar-refractivity contribution in [2.75, 3.05) is 0 Å². The molecule has 0 saturated heterocycles. The molecule has 0 bridgehead atoms. The number of halogens is 3. The lowest BCUT2D eigenvalue weighted by Crippen LogP contribution is -1.79. The van der Waals surface area contributed by atoms with Crippen LogP contribution in [0.4, 0.5) is 0 Å². The van der Waals surface area contributed by atoms with Crippen LogP contribution in [0.15, 0.2) is 22.9 Å². The van der Waals surface area contributed by atoms with Crippen molar-refractivity contribution < 1.29 is 0 Å². The zero-order valence-corrected chi connectivity index (χ0v) is 10.6. The van der Waals surface area contributed by atoms with Gasteiger partial charge in [-0.3, -0.25) is 0 Å². The van der Waals surface area contributed by atoms with Gasteiger partial charge in [0.1, 0.15) is 5.01 Å². The molecule has 0 N–H and O–H groups in total. The molecule has 0 atom stereocenters. The first-order chi connectivity index (χ1) is 6.68. The van der Waals surface area contributed by atoms with E-state index in [9.17, 15) is 0 Å². The summed E-state index contributed by atoms with van der Waals surface area (Å²) in [6, 6.07) is 5.35. The van der Waals surface area contributed by atoms with E-state index in [0.717, 1.165) is 5.56 Å². The highest BCUT2D eigenvalue weighted by Crippen LogP contribution is 2.35. The molecule has 0 fully saturated rings. The highest BCUT2D eigenvalue weighted by molar-refractivity contribution is 9.10. The van der Waals surface area contributed by atoms with E-state index in [4.69, 9.17) is 23.2 Å². The summed E-state index contributed by atoms with van der Waals surface area (Å²) in [5.74, 6) is 0. The zero-order chi connectivity index (χ0) is 10.1. The Morgan fingerprint density at radius 1 is 1.21 bits per heavy atom. The Morgan fingerprint density at radius 2 is 1.86 bits per heavy atom. The molecule has 1 heterocycles. The van der Waals surface area contributed by atoms with Crippen molar-refractivity contribution in [1.82, 2.24) is 9.36 Å². The van der Waals surface area contributed by atoms with E-state index >= 15 is 0 Å². The van der Waals surface area contributed by atoms with Crippen LogP contribution in [0.5, 0.6) is 0 Å². The maximum Gasteiger partial charge on any atom is 0.209 e. The molecular weight excluding hydrogens is 307 g/mol. The van der Waals surface area contributed by atoms with E-state index in [2.05, 4.69) is 25.3 Å². The van der Waals surface area contributed by atoms with Crippen LogP contribution in [0, 0.1) is 0 Å². The van der Waals surface area contributed by atoms with Crippen LogP contribution < -0.4 is 0 Å². The van der Waals surface area contributed by atoms with Crippen LogP contribution >= 0.6 is 50.7 Å². The van der Waals surface area contributed by atoms with Gasteiger partial charge in [0.25, 0.3) is 0 Å².